The predicted molar refractivity (Wildman–Crippen MR) is 66.5 cm³/mol. The van der Waals surface area contributed by atoms with E-state index in [1.165, 1.54) is 11.0 Å². The normalized spacial score (nSPS) is 28.0. The van der Waals surface area contributed by atoms with Gasteiger partial charge < -0.3 is 10.5 Å². The van der Waals surface area contributed by atoms with Gasteiger partial charge in [0.15, 0.2) is 0 Å². The van der Waals surface area contributed by atoms with Crippen molar-refractivity contribution in [3.8, 4) is 0 Å². The molecule has 3 unspecified atom stereocenters. The third-order valence-electron chi connectivity index (χ3n) is 3.69. The van der Waals surface area contributed by atoms with Gasteiger partial charge in [-0.2, -0.15) is 0 Å². The molecule has 3 atom stereocenters. The van der Waals surface area contributed by atoms with Gasteiger partial charge in [-0.05, 0) is 31.1 Å². The van der Waals surface area contributed by atoms with E-state index in [9.17, 15) is 4.79 Å². The minimum atomic E-state index is -0.272. The summed E-state index contributed by atoms with van der Waals surface area (Å²) in [5, 5.41) is 3.85. The number of hydrogen-bond acceptors (Lipinski definition) is 5. The number of nitrogens with two attached hydrogens (primary N) is 1. The van der Waals surface area contributed by atoms with E-state index in [0.717, 1.165) is 25.2 Å². The third-order valence-corrected chi connectivity index (χ3v) is 3.69. The fourth-order valence-corrected chi connectivity index (χ4v) is 2.35. The number of rotatable bonds is 3. The molecule has 1 aromatic rings. The van der Waals surface area contributed by atoms with Gasteiger partial charge in [-0.1, -0.05) is 13.8 Å². The van der Waals surface area contributed by atoms with Gasteiger partial charge in [0.05, 0.1) is 0 Å². The summed E-state index contributed by atoms with van der Waals surface area (Å²) in [6.07, 6.45) is 4.50. The van der Waals surface area contributed by atoms with E-state index in [2.05, 4.69) is 23.9 Å². The first-order valence-electron chi connectivity index (χ1n) is 6.39. The maximum absolute atomic E-state index is 11.7. The molecule has 1 saturated carbocycles. The first-order chi connectivity index (χ1) is 8.54. The summed E-state index contributed by atoms with van der Waals surface area (Å²) < 4.78 is 6.85. The van der Waals surface area contributed by atoms with E-state index in [4.69, 9.17) is 10.5 Å². The molecule has 2 N–H and O–H groups in total. The highest BCUT2D eigenvalue weighted by Crippen LogP contribution is 2.30. The quantitative estimate of drug-likeness (QED) is 0.818. The van der Waals surface area contributed by atoms with Crippen molar-refractivity contribution in [2.45, 2.75) is 45.8 Å². The maximum Gasteiger partial charge on any atom is 0.328 e. The van der Waals surface area contributed by atoms with E-state index < -0.39 is 0 Å². The van der Waals surface area contributed by atoms with Gasteiger partial charge >= 0.3 is 5.97 Å². The number of anilines is 1. The molecular weight excluding hydrogens is 232 g/mol. The fraction of sp³-hybridized carbons (Fsp3) is 0.750. The highest BCUT2D eigenvalue weighted by Gasteiger charge is 2.27. The second-order valence-electron chi connectivity index (χ2n) is 5.18. The minimum absolute atomic E-state index is 0.0459. The van der Waals surface area contributed by atoms with Gasteiger partial charge in [0, 0.05) is 0 Å². The number of esters is 1. The smallest absolute Gasteiger partial charge is 0.328 e. The van der Waals surface area contributed by atoms with E-state index in [1.807, 2.05) is 0 Å². The molecule has 1 aromatic heterocycles. The first kappa shape index (κ1) is 12.9. The molecule has 0 bridgehead atoms. The lowest BCUT2D eigenvalue weighted by Gasteiger charge is -2.31. The summed E-state index contributed by atoms with van der Waals surface area (Å²) in [5.74, 6) is 1.23. The standard InChI is InChI=1S/C12H20N4O2/c1-8-3-4-10(5-9(8)2)18-11(17)6-16-7-14-12(13)15-16/h7-10H,3-6H2,1-2H3,(H2,13,15). The minimum Gasteiger partial charge on any atom is -0.461 e. The molecule has 0 aromatic carbocycles. The van der Waals surface area contributed by atoms with Crippen LogP contribution in [-0.2, 0) is 16.1 Å². The Morgan fingerprint density at radius 2 is 2.28 bits per heavy atom. The van der Waals surface area contributed by atoms with Crippen molar-refractivity contribution in [1.29, 1.82) is 0 Å². The van der Waals surface area contributed by atoms with Crippen LogP contribution in [0.5, 0.6) is 0 Å². The van der Waals surface area contributed by atoms with E-state index in [0.29, 0.717) is 5.92 Å². The zero-order chi connectivity index (χ0) is 13.1. The Balaban J connectivity index is 1.81. The Morgan fingerprint density at radius 3 is 2.89 bits per heavy atom. The Kier molecular flexibility index (Phi) is 3.84. The fourth-order valence-electron chi connectivity index (χ4n) is 2.35. The summed E-state index contributed by atoms with van der Waals surface area (Å²) in [7, 11) is 0. The average Bonchev–Trinajstić information content (AvgIpc) is 2.69. The summed E-state index contributed by atoms with van der Waals surface area (Å²) in [5.41, 5.74) is 5.38. The van der Waals surface area contributed by atoms with Crippen molar-refractivity contribution in [1.82, 2.24) is 14.8 Å². The van der Waals surface area contributed by atoms with Crippen LogP contribution in [0.15, 0.2) is 6.33 Å². The van der Waals surface area contributed by atoms with Crippen molar-refractivity contribution in [3.63, 3.8) is 0 Å². The molecule has 1 aliphatic rings. The summed E-state index contributed by atoms with van der Waals surface area (Å²) in [6.45, 7) is 4.54. The van der Waals surface area contributed by atoms with Crippen LogP contribution in [-0.4, -0.2) is 26.8 Å². The van der Waals surface area contributed by atoms with E-state index in [1.54, 1.807) is 0 Å². The van der Waals surface area contributed by atoms with Crippen LogP contribution in [0.4, 0.5) is 5.95 Å². The van der Waals surface area contributed by atoms with Crippen LogP contribution in [0.1, 0.15) is 33.1 Å². The molecule has 0 radical (unpaired) electrons. The summed E-state index contributed by atoms with van der Waals surface area (Å²) >= 11 is 0. The Morgan fingerprint density at radius 1 is 1.50 bits per heavy atom. The zero-order valence-electron chi connectivity index (χ0n) is 10.9. The van der Waals surface area contributed by atoms with Crippen LogP contribution in [0.2, 0.25) is 0 Å². The lowest BCUT2D eigenvalue weighted by Crippen LogP contribution is -2.30. The molecule has 2 rings (SSSR count). The molecule has 1 aliphatic carbocycles. The Bertz CT molecular complexity index is 418. The molecule has 1 heterocycles. The number of nitrogens with zero attached hydrogens (tertiary/aromatic N) is 3. The van der Waals surface area contributed by atoms with Crippen molar-refractivity contribution < 1.29 is 9.53 Å². The van der Waals surface area contributed by atoms with Crippen molar-refractivity contribution in [2.24, 2.45) is 11.8 Å². The van der Waals surface area contributed by atoms with Gasteiger partial charge in [-0.25, -0.2) is 9.67 Å². The molecule has 1 fully saturated rings. The molecule has 0 aliphatic heterocycles. The monoisotopic (exact) mass is 252 g/mol. The van der Waals surface area contributed by atoms with Gasteiger partial charge in [-0.3, -0.25) is 4.79 Å². The molecule has 6 heteroatoms. The molecule has 18 heavy (non-hydrogen) atoms. The SMILES string of the molecule is CC1CCC(OC(=O)Cn2cnc(N)n2)CC1C. The largest absolute Gasteiger partial charge is 0.461 e. The van der Waals surface area contributed by atoms with Crippen molar-refractivity contribution in [3.05, 3.63) is 6.33 Å². The van der Waals surface area contributed by atoms with E-state index >= 15 is 0 Å². The molecule has 0 saturated heterocycles. The summed E-state index contributed by atoms with van der Waals surface area (Å²) in [6, 6.07) is 0. The summed E-state index contributed by atoms with van der Waals surface area (Å²) in [4.78, 5) is 15.5. The van der Waals surface area contributed by atoms with Gasteiger partial charge in [0.2, 0.25) is 5.95 Å². The second kappa shape index (κ2) is 5.37. The number of ether oxygens (including phenoxy) is 1. The molecule has 0 spiro atoms. The number of hydrogen-bond donors (Lipinski definition) is 1. The zero-order valence-corrected chi connectivity index (χ0v) is 10.9. The number of nitrogen functional groups attached to an aromatic ring is 1. The van der Waals surface area contributed by atoms with Gasteiger partial charge in [0.1, 0.15) is 19.0 Å². The lowest BCUT2D eigenvalue weighted by molar-refractivity contribution is -0.152. The van der Waals surface area contributed by atoms with Gasteiger partial charge in [-0.15, -0.1) is 5.10 Å². The Hall–Kier alpha value is -1.59. The molecule has 100 valence electrons. The lowest BCUT2D eigenvalue weighted by atomic mass is 9.80. The molecule has 0 amide bonds. The highest BCUT2D eigenvalue weighted by molar-refractivity contribution is 5.69. The van der Waals surface area contributed by atoms with Crippen molar-refractivity contribution in [2.75, 3.05) is 5.73 Å². The predicted octanol–water partition coefficient (Wildman–Crippen LogP) is 1.23. The van der Waals surface area contributed by atoms with Crippen LogP contribution in [0, 0.1) is 11.8 Å². The highest BCUT2D eigenvalue weighted by atomic mass is 16.5. The van der Waals surface area contributed by atoms with Crippen LogP contribution < -0.4 is 5.73 Å². The number of aromatic nitrogens is 3. The van der Waals surface area contributed by atoms with E-state index in [-0.39, 0.29) is 24.6 Å². The Labute approximate surface area is 107 Å². The topological polar surface area (TPSA) is 83.0 Å². The van der Waals surface area contributed by atoms with Crippen LogP contribution in [0.25, 0.3) is 0 Å². The third kappa shape index (κ3) is 3.21. The van der Waals surface area contributed by atoms with Gasteiger partial charge in [0.25, 0.3) is 0 Å². The number of carbonyl (C=O) groups is 1. The average molecular weight is 252 g/mol. The van der Waals surface area contributed by atoms with Crippen molar-refractivity contribution >= 4 is 11.9 Å². The van der Waals surface area contributed by atoms with Crippen LogP contribution >= 0.6 is 0 Å². The van der Waals surface area contributed by atoms with Crippen LogP contribution in [0.3, 0.4) is 0 Å². The maximum atomic E-state index is 11.7. The molecular formula is C12H20N4O2. The number of carbonyl (C=O) groups excluding carboxylic acids is 1. The molecule has 6 nitrogen and oxygen atoms in total. The second-order valence-corrected chi connectivity index (χ2v) is 5.18. The first-order valence-corrected chi connectivity index (χ1v) is 6.39.